The number of pyridine rings is 1. The molecule has 0 bridgehead atoms. The molecule has 2 heterocycles. The van der Waals surface area contributed by atoms with Gasteiger partial charge in [0.15, 0.2) is 6.61 Å². The Hall–Kier alpha value is -3.11. The summed E-state index contributed by atoms with van der Waals surface area (Å²) in [6.45, 7) is 1.97. The lowest BCUT2D eigenvalue weighted by Gasteiger charge is -2.34. The number of carbonyl (C=O) groups is 2. The third-order valence-corrected chi connectivity index (χ3v) is 4.79. The molecular formula is C20H24F3N5O3. The number of nitrogens with zero attached hydrogens (tertiary/aromatic N) is 2. The molecule has 1 aromatic heterocycles. The molecule has 8 nitrogen and oxygen atoms in total. The Morgan fingerprint density at radius 1 is 1.35 bits per heavy atom. The van der Waals surface area contributed by atoms with Gasteiger partial charge in [0.2, 0.25) is 17.5 Å². The van der Waals surface area contributed by atoms with Crippen molar-refractivity contribution in [1.29, 1.82) is 0 Å². The third-order valence-electron chi connectivity index (χ3n) is 4.79. The van der Waals surface area contributed by atoms with Gasteiger partial charge in [-0.2, -0.15) is 13.2 Å². The predicted octanol–water partition coefficient (Wildman–Crippen LogP) is 2.35. The second-order valence-corrected chi connectivity index (χ2v) is 7.75. The molecular weight excluding hydrogens is 415 g/mol. The number of carbonyl (C=O) groups excluding carboxylic acids is 2. The van der Waals surface area contributed by atoms with Gasteiger partial charge in [0, 0.05) is 30.6 Å². The molecule has 1 saturated carbocycles. The lowest BCUT2D eigenvalue weighted by atomic mass is 10.1. The van der Waals surface area contributed by atoms with Crippen LogP contribution in [0, 0.1) is 5.92 Å². The number of hydrogen-bond donors (Lipinski definition) is 3. The molecule has 0 radical (unpaired) electrons. The zero-order valence-corrected chi connectivity index (χ0v) is 17.1. The van der Waals surface area contributed by atoms with Crippen LogP contribution in [-0.2, 0) is 9.59 Å². The fraction of sp³-hybridized carbons (Fsp3) is 0.500. The van der Waals surface area contributed by atoms with Gasteiger partial charge in [0.1, 0.15) is 0 Å². The van der Waals surface area contributed by atoms with Crippen LogP contribution in [0.25, 0.3) is 0 Å². The topological polar surface area (TPSA) is 105 Å². The summed E-state index contributed by atoms with van der Waals surface area (Å²) in [5.41, 5.74) is -0.389. The van der Waals surface area contributed by atoms with Crippen molar-refractivity contribution in [2.75, 3.05) is 6.61 Å². The number of hydrogen-bond acceptors (Lipinski definition) is 6. The molecule has 3 N–H and O–H groups in total. The van der Waals surface area contributed by atoms with E-state index in [-0.39, 0.29) is 11.8 Å². The van der Waals surface area contributed by atoms with Gasteiger partial charge in [-0.1, -0.05) is 6.07 Å². The average molecular weight is 439 g/mol. The quantitative estimate of drug-likeness (QED) is 0.577. The molecule has 2 atom stereocenters. The third kappa shape index (κ3) is 6.43. The molecule has 1 fully saturated rings. The monoisotopic (exact) mass is 439 g/mol. The van der Waals surface area contributed by atoms with Crippen molar-refractivity contribution in [3.8, 4) is 5.88 Å². The number of nitrogens with one attached hydrogen (secondary N) is 3. The van der Waals surface area contributed by atoms with Crippen LogP contribution in [0.4, 0.5) is 13.2 Å². The van der Waals surface area contributed by atoms with Crippen molar-refractivity contribution in [2.45, 2.75) is 51.0 Å². The van der Waals surface area contributed by atoms with Crippen LogP contribution in [0.1, 0.15) is 44.7 Å². The van der Waals surface area contributed by atoms with Crippen molar-refractivity contribution in [3.05, 3.63) is 35.8 Å². The SMILES string of the molecule is CC1=CN=CC(NC(=O)CC2CC2)(C(=O)NC(C)c2ccc(OCC(F)(F)F)nc2)N1. The molecule has 31 heavy (non-hydrogen) atoms. The van der Waals surface area contributed by atoms with Crippen LogP contribution < -0.4 is 20.7 Å². The van der Waals surface area contributed by atoms with E-state index in [1.54, 1.807) is 13.8 Å². The van der Waals surface area contributed by atoms with Crippen LogP contribution in [0.2, 0.25) is 0 Å². The minimum Gasteiger partial charge on any atom is -0.468 e. The normalized spacial score (nSPS) is 21.5. The number of allylic oxidation sites excluding steroid dienone is 1. The fourth-order valence-electron chi connectivity index (χ4n) is 3.01. The van der Waals surface area contributed by atoms with Gasteiger partial charge >= 0.3 is 6.18 Å². The Balaban J connectivity index is 1.65. The highest BCUT2D eigenvalue weighted by Crippen LogP contribution is 2.32. The number of aliphatic imine (C=N–C) groups is 1. The highest BCUT2D eigenvalue weighted by Gasteiger charge is 2.41. The summed E-state index contributed by atoms with van der Waals surface area (Å²) in [5.74, 6) is -0.616. The first-order valence-corrected chi connectivity index (χ1v) is 9.83. The molecule has 0 aromatic carbocycles. The van der Waals surface area contributed by atoms with Crippen molar-refractivity contribution in [3.63, 3.8) is 0 Å². The maximum atomic E-state index is 13.1. The minimum atomic E-state index is -4.46. The summed E-state index contributed by atoms with van der Waals surface area (Å²) in [6, 6.07) is 2.26. The molecule has 2 amide bonds. The van der Waals surface area contributed by atoms with E-state index in [1.165, 1.54) is 30.7 Å². The second-order valence-electron chi connectivity index (χ2n) is 7.75. The maximum Gasteiger partial charge on any atom is 0.422 e. The van der Waals surface area contributed by atoms with Crippen LogP contribution in [0.15, 0.2) is 35.2 Å². The lowest BCUT2D eigenvalue weighted by molar-refractivity contribution is -0.154. The molecule has 168 valence electrons. The van der Waals surface area contributed by atoms with Gasteiger partial charge in [0.25, 0.3) is 5.91 Å². The second kappa shape index (κ2) is 8.94. The maximum absolute atomic E-state index is 13.1. The van der Waals surface area contributed by atoms with Crippen molar-refractivity contribution >= 4 is 18.0 Å². The molecule has 3 rings (SSSR count). The Morgan fingerprint density at radius 3 is 2.68 bits per heavy atom. The first-order chi connectivity index (χ1) is 14.6. The Morgan fingerprint density at radius 2 is 2.10 bits per heavy atom. The number of ether oxygens (including phenoxy) is 1. The molecule has 11 heteroatoms. The van der Waals surface area contributed by atoms with E-state index in [0.717, 1.165) is 12.8 Å². The Bertz CT molecular complexity index is 881. The standard InChI is InChI=1S/C20H24F3N5O3/c1-12-8-24-10-19(27-12,28-16(29)7-14-3-4-14)18(30)26-13(2)15-5-6-17(25-9-15)31-11-20(21,22)23/h5-6,8-10,13-14,27H,3-4,7,11H2,1-2H3,(H,26,30)(H,28,29). The van der Waals surface area contributed by atoms with E-state index >= 15 is 0 Å². The van der Waals surface area contributed by atoms with E-state index in [9.17, 15) is 22.8 Å². The molecule has 0 saturated heterocycles. The van der Waals surface area contributed by atoms with Gasteiger partial charge in [-0.3, -0.25) is 14.6 Å². The van der Waals surface area contributed by atoms with Gasteiger partial charge < -0.3 is 20.7 Å². The van der Waals surface area contributed by atoms with E-state index in [1.807, 2.05) is 0 Å². The van der Waals surface area contributed by atoms with E-state index in [2.05, 4.69) is 30.7 Å². The number of rotatable bonds is 8. The largest absolute Gasteiger partial charge is 0.468 e. The van der Waals surface area contributed by atoms with E-state index in [4.69, 9.17) is 0 Å². The molecule has 2 unspecified atom stereocenters. The summed E-state index contributed by atoms with van der Waals surface area (Å²) >= 11 is 0. The molecule has 1 aliphatic heterocycles. The first kappa shape index (κ1) is 22.6. The van der Waals surface area contributed by atoms with Crippen LogP contribution >= 0.6 is 0 Å². The Kier molecular flexibility index (Phi) is 6.51. The van der Waals surface area contributed by atoms with E-state index in [0.29, 0.717) is 23.6 Å². The Labute approximate surface area is 177 Å². The number of amides is 2. The first-order valence-electron chi connectivity index (χ1n) is 9.83. The van der Waals surface area contributed by atoms with Crippen LogP contribution in [0.5, 0.6) is 5.88 Å². The average Bonchev–Trinajstić information content (AvgIpc) is 3.50. The highest BCUT2D eigenvalue weighted by atomic mass is 19.4. The summed E-state index contributed by atoms with van der Waals surface area (Å²) in [6.07, 6.45) is 2.07. The van der Waals surface area contributed by atoms with Gasteiger partial charge in [-0.15, -0.1) is 0 Å². The number of alkyl halides is 3. The molecule has 1 aromatic rings. The van der Waals surface area contributed by atoms with E-state index < -0.39 is 30.4 Å². The molecule has 1 aliphatic carbocycles. The van der Waals surface area contributed by atoms with Crippen molar-refractivity contribution in [1.82, 2.24) is 20.9 Å². The van der Waals surface area contributed by atoms with Crippen molar-refractivity contribution in [2.24, 2.45) is 10.9 Å². The summed E-state index contributed by atoms with van der Waals surface area (Å²) in [7, 11) is 0. The molecule has 0 spiro atoms. The van der Waals surface area contributed by atoms with Crippen molar-refractivity contribution < 1.29 is 27.5 Å². The van der Waals surface area contributed by atoms with Crippen LogP contribution in [0.3, 0.4) is 0 Å². The smallest absolute Gasteiger partial charge is 0.422 e. The summed E-state index contributed by atoms with van der Waals surface area (Å²) in [5, 5.41) is 8.49. The summed E-state index contributed by atoms with van der Waals surface area (Å²) in [4.78, 5) is 33.4. The fourth-order valence-corrected chi connectivity index (χ4v) is 3.01. The zero-order valence-electron chi connectivity index (χ0n) is 17.1. The van der Waals surface area contributed by atoms with Crippen LogP contribution in [-0.4, -0.2) is 41.5 Å². The number of aromatic nitrogens is 1. The predicted molar refractivity (Wildman–Crippen MR) is 106 cm³/mol. The molecule has 2 aliphatic rings. The lowest BCUT2D eigenvalue weighted by Crippen LogP contribution is -2.68. The van der Waals surface area contributed by atoms with Gasteiger partial charge in [0.05, 0.1) is 12.3 Å². The minimum absolute atomic E-state index is 0.176. The number of halogens is 3. The van der Waals surface area contributed by atoms with Gasteiger partial charge in [-0.25, -0.2) is 4.98 Å². The highest BCUT2D eigenvalue weighted by molar-refractivity contribution is 6.06. The van der Waals surface area contributed by atoms with Gasteiger partial charge in [-0.05, 0) is 38.2 Å². The zero-order chi connectivity index (χ0) is 22.6. The summed E-state index contributed by atoms with van der Waals surface area (Å²) < 4.78 is 41.3.